The first-order valence-corrected chi connectivity index (χ1v) is 12.7. The lowest BCUT2D eigenvalue weighted by Crippen LogP contribution is -2.39. The van der Waals surface area contributed by atoms with Crippen molar-refractivity contribution in [3.8, 4) is 28.3 Å². The summed E-state index contributed by atoms with van der Waals surface area (Å²) in [4.78, 5) is 9.52. The van der Waals surface area contributed by atoms with Crippen molar-refractivity contribution in [2.45, 2.75) is 43.7 Å². The zero-order valence-corrected chi connectivity index (χ0v) is 20.9. The van der Waals surface area contributed by atoms with Crippen LogP contribution in [0.1, 0.15) is 37.9 Å². The van der Waals surface area contributed by atoms with E-state index in [1.807, 2.05) is 53.1 Å². The number of ether oxygens (including phenoxy) is 1. The molecule has 1 aromatic carbocycles. The van der Waals surface area contributed by atoms with Crippen molar-refractivity contribution in [3.05, 3.63) is 84.5 Å². The summed E-state index contributed by atoms with van der Waals surface area (Å²) in [6.07, 6.45) is 12.7. The molecule has 6 rings (SSSR count). The van der Waals surface area contributed by atoms with E-state index in [9.17, 15) is 0 Å². The van der Waals surface area contributed by atoms with Crippen LogP contribution in [0.3, 0.4) is 0 Å². The van der Waals surface area contributed by atoms with Gasteiger partial charge in [-0.3, -0.25) is 0 Å². The number of methoxy groups -OCH3 is 1. The smallest absolute Gasteiger partial charge is 0.153 e. The molecule has 4 aromatic rings. The molecule has 0 spiro atoms. The summed E-state index contributed by atoms with van der Waals surface area (Å²) >= 11 is 0. The molecule has 3 heterocycles. The Hall–Kier alpha value is -4.17. The van der Waals surface area contributed by atoms with Crippen molar-refractivity contribution in [1.82, 2.24) is 19.6 Å². The Kier molecular flexibility index (Phi) is 5.88. The van der Waals surface area contributed by atoms with Gasteiger partial charge in [0.2, 0.25) is 0 Å². The van der Waals surface area contributed by atoms with Crippen molar-refractivity contribution in [2.24, 2.45) is 11.5 Å². The molecule has 0 bridgehead atoms. The lowest BCUT2D eigenvalue weighted by molar-refractivity contribution is 0.415. The molecule has 1 fully saturated rings. The Balaban J connectivity index is 1.52. The Bertz CT molecular complexity index is 1500. The monoisotopic (exact) mass is 493 g/mol. The van der Waals surface area contributed by atoms with E-state index >= 15 is 0 Å². The number of nitrogens with two attached hydrogens (primary N) is 2. The van der Waals surface area contributed by atoms with E-state index in [4.69, 9.17) is 26.3 Å². The normalized spacial score (nSPS) is 19.8. The van der Waals surface area contributed by atoms with Crippen molar-refractivity contribution < 1.29 is 4.74 Å². The summed E-state index contributed by atoms with van der Waals surface area (Å²) < 4.78 is 7.38. The molecule has 188 valence electrons. The first kappa shape index (κ1) is 23.2. The molecule has 1 saturated carbocycles. The van der Waals surface area contributed by atoms with Gasteiger partial charge < -0.3 is 21.5 Å². The molecule has 0 aliphatic heterocycles. The highest BCUT2D eigenvalue weighted by atomic mass is 16.5. The van der Waals surface area contributed by atoms with Crippen LogP contribution in [-0.4, -0.2) is 32.7 Å². The van der Waals surface area contributed by atoms with Gasteiger partial charge >= 0.3 is 0 Å². The van der Waals surface area contributed by atoms with Crippen LogP contribution < -0.4 is 21.5 Å². The van der Waals surface area contributed by atoms with Gasteiger partial charge in [0.25, 0.3) is 0 Å². The molecule has 5 N–H and O–H groups in total. The zero-order chi connectivity index (χ0) is 25.4. The van der Waals surface area contributed by atoms with Crippen molar-refractivity contribution >= 4 is 11.3 Å². The van der Waals surface area contributed by atoms with Gasteiger partial charge in [-0.1, -0.05) is 31.1 Å². The van der Waals surface area contributed by atoms with Crippen LogP contribution in [0, 0.1) is 0 Å². The summed E-state index contributed by atoms with van der Waals surface area (Å²) in [7, 11) is 1.67. The molecule has 37 heavy (non-hydrogen) atoms. The third-order valence-electron chi connectivity index (χ3n) is 7.26. The first-order valence-electron chi connectivity index (χ1n) is 12.7. The molecular formula is C29H31N7O. The quantitative estimate of drug-likeness (QED) is 0.354. The fraction of sp³-hybridized carbons (Fsp3) is 0.276. The molecule has 1 atom stereocenters. The predicted octanol–water partition coefficient (Wildman–Crippen LogP) is 4.78. The van der Waals surface area contributed by atoms with Crippen LogP contribution in [-0.2, 0) is 5.54 Å². The Labute approximate surface area is 216 Å². The van der Waals surface area contributed by atoms with Crippen LogP contribution >= 0.6 is 0 Å². The van der Waals surface area contributed by atoms with Crippen molar-refractivity contribution in [1.29, 1.82) is 0 Å². The highest BCUT2D eigenvalue weighted by molar-refractivity contribution is 5.91. The molecule has 2 aliphatic rings. The minimum Gasteiger partial charge on any atom is -0.497 e. The van der Waals surface area contributed by atoms with Crippen LogP contribution in [0.15, 0.2) is 78.7 Å². The van der Waals surface area contributed by atoms with Gasteiger partial charge in [0.15, 0.2) is 5.82 Å². The number of nitrogens with zero attached hydrogens (tertiary/aromatic N) is 4. The maximum absolute atomic E-state index is 6.72. The highest BCUT2D eigenvalue weighted by Crippen LogP contribution is 2.37. The van der Waals surface area contributed by atoms with Gasteiger partial charge in [-0.2, -0.15) is 5.10 Å². The Morgan fingerprint density at radius 3 is 2.65 bits per heavy atom. The second-order valence-corrected chi connectivity index (χ2v) is 9.87. The maximum Gasteiger partial charge on any atom is 0.153 e. The third kappa shape index (κ3) is 4.34. The summed E-state index contributed by atoms with van der Waals surface area (Å²) in [5, 5.41) is 8.82. The van der Waals surface area contributed by atoms with Gasteiger partial charge in [0.1, 0.15) is 22.8 Å². The topological polar surface area (TPSA) is 116 Å². The second kappa shape index (κ2) is 9.37. The fourth-order valence-electron chi connectivity index (χ4n) is 5.34. The highest BCUT2D eigenvalue weighted by Gasteiger charge is 2.31. The molecule has 0 saturated heterocycles. The lowest BCUT2D eigenvalue weighted by atomic mass is 9.89. The molecule has 8 heteroatoms. The van der Waals surface area contributed by atoms with E-state index in [0.717, 1.165) is 39.6 Å². The van der Waals surface area contributed by atoms with Gasteiger partial charge in [-0.25, -0.2) is 14.5 Å². The van der Waals surface area contributed by atoms with Crippen LogP contribution in [0.2, 0.25) is 0 Å². The largest absolute Gasteiger partial charge is 0.497 e. The number of hydrogen-bond donors (Lipinski definition) is 3. The van der Waals surface area contributed by atoms with E-state index in [1.165, 1.54) is 25.7 Å². The average molecular weight is 494 g/mol. The Morgan fingerprint density at radius 1 is 1.08 bits per heavy atom. The maximum atomic E-state index is 6.72. The van der Waals surface area contributed by atoms with E-state index < -0.39 is 5.54 Å². The number of aromatic nitrogens is 4. The van der Waals surface area contributed by atoms with Crippen molar-refractivity contribution in [2.75, 3.05) is 12.4 Å². The number of allylic oxidation sites excluding steroid dienone is 2. The summed E-state index contributed by atoms with van der Waals surface area (Å²) in [5.74, 6) is 2.29. The number of pyridine rings is 1. The SMILES string of the molecule is COc1ccc(-c2nn3c(NC4CCCC4)cccc3c2-c2ccnc(C3(N)C=CC=C(N)C3)n2)cc1. The predicted molar refractivity (Wildman–Crippen MR) is 146 cm³/mol. The van der Waals surface area contributed by atoms with E-state index in [1.54, 1.807) is 13.3 Å². The van der Waals surface area contributed by atoms with E-state index in [-0.39, 0.29) is 0 Å². The third-order valence-corrected chi connectivity index (χ3v) is 7.26. The number of benzene rings is 1. The van der Waals surface area contributed by atoms with Crippen LogP contribution in [0.25, 0.3) is 28.0 Å². The van der Waals surface area contributed by atoms with Crippen molar-refractivity contribution in [3.63, 3.8) is 0 Å². The second-order valence-electron chi connectivity index (χ2n) is 9.87. The van der Waals surface area contributed by atoms with Gasteiger partial charge in [-0.15, -0.1) is 0 Å². The van der Waals surface area contributed by atoms with Crippen LogP contribution in [0.5, 0.6) is 5.75 Å². The molecule has 0 radical (unpaired) electrons. The molecule has 3 aromatic heterocycles. The van der Waals surface area contributed by atoms with E-state index in [0.29, 0.717) is 24.0 Å². The number of hydrogen-bond acceptors (Lipinski definition) is 7. The average Bonchev–Trinajstić information content (AvgIpc) is 3.57. The number of anilines is 1. The zero-order valence-electron chi connectivity index (χ0n) is 20.9. The summed E-state index contributed by atoms with van der Waals surface area (Å²) in [6.45, 7) is 0. The molecule has 0 amide bonds. The fourth-order valence-corrected chi connectivity index (χ4v) is 5.34. The minimum atomic E-state index is -0.868. The molecule has 1 unspecified atom stereocenters. The molecular weight excluding hydrogens is 462 g/mol. The summed E-state index contributed by atoms with van der Waals surface area (Å²) in [6, 6.07) is 16.6. The number of fused-ring (bicyclic) bond motifs is 1. The number of nitrogens with one attached hydrogen (secondary N) is 1. The first-order chi connectivity index (χ1) is 18.0. The lowest BCUT2D eigenvalue weighted by Gasteiger charge is -2.27. The minimum absolute atomic E-state index is 0.460. The van der Waals surface area contributed by atoms with Crippen LogP contribution in [0.4, 0.5) is 5.82 Å². The number of rotatable bonds is 6. The van der Waals surface area contributed by atoms with Gasteiger partial charge in [0.05, 0.1) is 23.9 Å². The molecule has 8 nitrogen and oxygen atoms in total. The Morgan fingerprint density at radius 2 is 1.89 bits per heavy atom. The van der Waals surface area contributed by atoms with Gasteiger partial charge in [0, 0.05) is 29.9 Å². The van der Waals surface area contributed by atoms with Gasteiger partial charge in [-0.05, 0) is 61.4 Å². The standard InChI is InChI=1S/C29H31N7O/c1-37-22-13-11-19(12-14-22)27-26(23-15-17-32-28(34-23)29(31)16-5-6-20(30)18-29)24-9-4-10-25(36(24)35-27)33-21-7-2-3-8-21/h4-6,9-17,21,33H,2-3,7-8,18,30-31H2,1H3. The molecule has 2 aliphatic carbocycles. The van der Waals surface area contributed by atoms with E-state index in [2.05, 4.69) is 28.5 Å². The summed E-state index contributed by atoms with van der Waals surface area (Å²) in [5.41, 5.74) is 17.1.